The minimum Gasteiger partial charge on any atom is -0.495 e. The first-order valence-electron chi connectivity index (χ1n) is 5.89. The second-order valence-electron chi connectivity index (χ2n) is 7.37. The van der Waals surface area contributed by atoms with Crippen LogP contribution < -0.4 is 0 Å². The zero-order valence-electron chi connectivity index (χ0n) is 11.0. The quantitative estimate of drug-likeness (QED) is 0.283. The van der Waals surface area contributed by atoms with E-state index in [9.17, 15) is 0 Å². The van der Waals surface area contributed by atoms with E-state index in [4.69, 9.17) is 0 Å². The fourth-order valence-corrected chi connectivity index (χ4v) is 10.3. The summed E-state index contributed by atoms with van der Waals surface area (Å²) in [7, 11) is 17.1. The van der Waals surface area contributed by atoms with Crippen molar-refractivity contribution in [1.82, 2.24) is 0 Å². The van der Waals surface area contributed by atoms with Gasteiger partial charge in [0.1, 0.15) is 0 Å². The van der Waals surface area contributed by atoms with Crippen LogP contribution in [0.5, 0.6) is 0 Å². The van der Waals surface area contributed by atoms with Crippen LogP contribution in [0.15, 0.2) is 0 Å². The molecule has 7 heteroatoms. The number of quaternary nitrogens is 2. The van der Waals surface area contributed by atoms with Gasteiger partial charge in [-0.05, 0) is 0 Å². The van der Waals surface area contributed by atoms with Crippen molar-refractivity contribution in [3.05, 3.63) is 0 Å². The zero-order valence-corrected chi connectivity index (χ0v) is 13.4. The Labute approximate surface area is 89.2 Å². The van der Waals surface area contributed by atoms with Crippen molar-refractivity contribution < 1.29 is 8.79 Å². The van der Waals surface area contributed by atoms with Gasteiger partial charge in [-0.25, -0.2) is 16.7 Å². The van der Waals surface area contributed by atoms with E-state index in [1.165, 1.54) is 8.79 Å². The number of hydrogen-bond acceptors (Lipinski definition) is 0. The fraction of sp³-hybridized carbons (Fsp3) is 1.00. The lowest BCUT2D eigenvalue weighted by atomic mass is 10.3. The summed E-state index contributed by atoms with van der Waals surface area (Å²) in [4.78, 5) is 0. The summed E-state index contributed by atoms with van der Waals surface area (Å²) in [5.74, 6) is 0. The summed E-state index contributed by atoms with van der Waals surface area (Å²) < 4.78 is 2.64. The molecule has 2 atom stereocenters. The number of rotatable bonds is 6. The Morgan fingerprint density at radius 3 is 1.23 bits per heavy atom. The molecule has 0 saturated carbocycles. The van der Waals surface area contributed by atoms with E-state index >= 15 is 0 Å². The highest BCUT2D eigenvalue weighted by Gasteiger charge is 2.06. The molecule has 0 aromatic rings. The standard InChI is InChI=1S/C6H28B3N2P2/c1-10(2,3)7-12-9-13-8-11(4,5)6/h7-9,12-13H2,1-6H3/q+1. The smallest absolute Gasteiger partial charge is 0.295 e. The summed E-state index contributed by atoms with van der Waals surface area (Å²) in [6.07, 6.45) is 0. The van der Waals surface area contributed by atoms with Gasteiger partial charge in [-0.3, -0.25) is 0 Å². The van der Waals surface area contributed by atoms with Crippen LogP contribution in [-0.2, 0) is 0 Å². The molecular formula is C6H28B3N2P2+. The molecule has 0 bridgehead atoms. The molecule has 0 amide bonds. The third-order valence-electron chi connectivity index (χ3n) is 2.73. The van der Waals surface area contributed by atoms with Gasteiger partial charge in [-0.1, -0.05) is 0 Å². The van der Waals surface area contributed by atoms with E-state index in [0.717, 1.165) is 16.7 Å². The molecule has 0 N–H and O–H groups in total. The van der Waals surface area contributed by atoms with Gasteiger partial charge in [0.05, 0.1) is 0 Å². The number of nitrogens with zero attached hydrogens (tertiary/aromatic N) is 2. The molecule has 2 nitrogen and oxygen atoms in total. The van der Waals surface area contributed by atoms with Crippen molar-refractivity contribution in [2.45, 2.75) is 0 Å². The molecule has 0 radical (unpaired) electrons. The van der Waals surface area contributed by atoms with E-state index in [0.29, 0.717) is 21.0 Å². The Balaban J connectivity index is 3.28. The van der Waals surface area contributed by atoms with Gasteiger partial charge in [0.25, 0.3) is 14.3 Å². The molecule has 0 aromatic heterocycles. The van der Waals surface area contributed by atoms with Gasteiger partial charge in [-0.2, -0.15) is 0 Å². The second kappa shape index (κ2) is 5.76. The van der Waals surface area contributed by atoms with Crippen molar-refractivity contribution in [1.29, 1.82) is 0 Å². The first-order chi connectivity index (χ1) is 5.71. The van der Waals surface area contributed by atoms with Crippen molar-refractivity contribution in [3.63, 3.8) is 0 Å². The van der Waals surface area contributed by atoms with E-state index in [1.807, 2.05) is 0 Å². The van der Waals surface area contributed by atoms with Gasteiger partial charge < -0.3 is 8.79 Å². The largest absolute Gasteiger partial charge is 0.495 e. The Bertz CT molecular complexity index is 128. The van der Waals surface area contributed by atoms with Crippen molar-refractivity contribution >= 4 is 37.7 Å². The highest BCUT2D eigenvalue weighted by molar-refractivity contribution is 8.18. The predicted octanol–water partition coefficient (Wildman–Crippen LogP) is -1.78. The van der Waals surface area contributed by atoms with Crippen LogP contribution >= 0.6 is 16.7 Å². The molecule has 0 heterocycles. The van der Waals surface area contributed by atoms with Crippen LogP contribution in [0.3, 0.4) is 0 Å². The average Bonchev–Trinajstić information content (AvgIpc) is 1.81. The molecule has 0 aliphatic carbocycles. The van der Waals surface area contributed by atoms with Gasteiger partial charge >= 0.3 is 0 Å². The van der Waals surface area contributed by atoms with Crippen LogP contribution in [0.1, 0.15) is 0 Å². The third kappa shape index (κ3) is 13.0. The monoisotopic (exact) mass is 223 g/mol. The van der Waals surface area contributed by atoms with E-state index in [2.05, 4.69) is 42.3 Å². The van der Waals surface area contributed by atoms with Gasteiger partial charge in [0, 0.05) is 42.3 Å². The van der Waals surface area contributed by atoms with Crippen molar-refractivity contribution in [2.75, 3.05) is 42.3 Å². The lowest BCUT2D eigenvalue weighted by Gasteiger charge is -2.32. The molecule has 0 aliphatic rings. The lowest BCUT2D eigenvalue weighted by Crippen LogP contribution is -2.37. The molecule has 0 aliphatic heterocycles. The molecule has 0 fully saturated rings. The van der Waals surface area contributed by atoms with E-state index < -0.39 is 0 Å². The second-order valence-corrected chi connectivity index (χ2v) is 13.4. The van der Waals surface area contributed by atoms with Crippen LogP contribution in [0.4, 0.5) is 0 Å². The topological polar surface area (TPSA) is 0 Å². The van der Waals surface area contributed by atoms with Gasteiger partial charge in [-0.15, -0.1) is 0 Å². The minimum atomic E-state index is 0.414. The van der Waals surface area contributed by atoms with Gasteiger partial charge in [0.2, 0.25) is 6.72 Å². The maximum Gasteiger partial charge on any atom is 0.295 e. The fourth-order valence-electron chi connectivity index (χ4n) is 2.18. The number of hydrogen-bond donors (Lipinski definition) is 0. The Hall–Kier alpha value is 0.975. The summed E-state index contributed by atoms with van der Waals surface area (Å²) >= 11 is 0. The van der Waals surface area contributed by atoms with E-state index in [1.54, 1.807) is 0 Å². The van der Waals surface area contributed by atoms with Crippen LogP contribution in [-0.4, -0.2) is 72.1 Å². The molecule has 2 unspecified atom stereocenters. The maximum absolute atomic E-state index is 2.38. The summed E-state index contributed by atoms with van der Waals surface area (Å²) in [6.45, 7) is 0.614. The molecule has 0 aromatic carbocycles. The van der Waals surface area contributed by atoms with Gasteiger partial charge in [0.15, 0.2) is 0 Å². The average molecular weight is 223 g/mol. The predicted molar refractivity (Wildman–Crippen MR) is 81.1 cm³/mol. The summed E-state index contributed by atoms with van der Waals surface area (Å²) in [6, 6.07) is 0. The van der Waals surface area contributed by atoms with E-state index in [-0.39, 0.29) is 0 Å². The molecule has 0 saturated heterocycles. The van der Waals surface area contributed by atoms with Crippen molar-refractivity contribution in [3.8, 4) is 0 Å². The summed E-state index contributed by atoms with van der Waals surface area (Å²) in [5, 5.41) is 0. The Morgan fingerprint density at radius 1 is 0.692 bits per heavy atom. The zero-order chi connectivity index (χ0) is 10.5. The minimum absolute atomic E-state index is 0.414. The molecule has 0 spiro atoms. The third-order valence-corrected chi connectivity index (χ3v) is 12.2. The SMILES string of the molecule is C[N+](C)(C)[BH2-][PH2+][BH2-][PH2+][BH2-][N+](C)(C)C. The van der Waals surface area contributed by atoms with Crippen LogP contribution in [0, 0.1) is 0 Å². The normalized spacial score (nSPS) is 15.2. The maximum atomic E-state index is 2.38. The first-order valence-corrected chi connectivity index (χ1v) is 10.5. The Kier molecular flexibility index (Phi) is 6.19. The molecule has 0 rings (SSSR count). The Morgan fingerprint density at radius 2 is 1.00 bits per heavy atom. The molecule has 80 valence electrons. The van der Waals surface area contributed by atoms with Crippen LogP contribution in [0.2, 0.25) is 0 Å². The van der Waals surface area contributed by atoms with Crippen LogP contribution in [0.25, 0.3) is 0 Å². The van der Waals surface area contributed by atoms with Crippen molar-refractivity contribution in [2.24, 2.45) is 0 Å². The molecular weight excluding hydrogens is 194 g/mol. The highest BCUT2D eigenvalue weighted by atomic mass is 31.1. The molecule has 13 heavy (non-hydrogen) atoms. The summed E-state index contributed by atoms with van der Waals surface area (Å²) in [5.41, 5.74) is 0. The highest BCUT2D eigenvalue weighted by Crippen LogP contribution is 2.20. The lowest BCUT2D eigenvalue weighted by molar-refractivity contribution is -0.752. The first kappa shape index (κ1) is 14.0.